The van der Waals surface area contributed by atoms with Gasteiger partial charge in [-0.25, -0.2) is 0 Å². The van der Waals surface area contributed by atoms with Crippen molar-refractivity contribution in [3.8, 4) is 11.5 Å². The Morgan fingerprint density at radius 1 is 1.37 bits per heavy atom. The van der Waals surface area contributed by atoms with E-state index in [1.165, 1.54) is 0 Å². The fourth-order valence-corrected chi connectivity index (χ4v) is 2.79. The molecule has 0 amide bonds. The van der Waals surface area contributed by atoms with Crippen molar-refractivity contribution in [3.05, 3.63) is 17.7 Å². The minimum Gasteiger partial charge on any atom is -0.486 e. The first kappa shape index (κ1) is 14.1. The van der Waals surface area contributed by atoms with E-state index in [-0.39, 0.29) is 0 Å². The highest BCUT2D eigenvalue weighted by Crippen LogP contribution is 2.42. The van der Waals surface area contributed by atoms with Gasteiger partial charge in [0.05, 0.1) is 10.3 Å². The Morgan fingerprint density at radius 3 is 2.68 bits per heavy atom. The SMILES string of the molecule is CSc1c(CC(C)(C)C(=O)O)ccc2c1OCCO2. The van der Waals surface area contributed by atoms with Crippen LogP contribution in [0.25, 0.3) is 0 Å². The molecule has 1 aliphatic heterocycles. The van der Waals surface area contributed by atoms with Crippen molar-refractivity contribution in [1.29, 1.82) is 0 Å². The van der Waals surface area contributed by atoms with E-state index < -0.39 is 11.4 Å². The zero-order chi connectivity index (χ0) is 14.0. The second-order valence-electron chi connectivity index (χ2n) is 5.15. The fraction of sp³-hybridized carbons (Fsp3) is 0.500. The smallest absolute Gasteiger partial charge is 0.309 e. The summed E-state index contributed by atoms with van der Waals surface area (Å²) in [7, 11) is 0. The summed E-state index contributed by atoms with van der Waals surface area (Å²) in [5.41, 5.74) is 0.193. The van der Waals surface area contributed by atoms with Crippen LogP contribution in [0.5, 0.6) is 11.5 Å². The summed E-state index contributed by atoms with van der Waals surface area (Å²) in [4.78, 5) is 12.2. The summed E-state index contributed by atoms with van der Waals surface area (Å²) in [6.45, 7) is 4.56. The molecular weight excluding hydrogens is 264 g/mol. The molecule has 4 nitrogen and oxygen atoms in total. The number of carboxylic acid groups (broad SMARTS) is 1. The summed E-state index contributed by atoms with van der Waals surface area (Å²) in [6, 6.07) is 3.80. The Kier molecular flexibility index (Phi) is 3.94. The number of hydrogen-bond donors (Lipinski definition) is 1. The third-order valence-corrected chi connectivity index (χ3v) is 4.02. The lowest BCUT2D eigenvalue weighted by Crippen LogP contribution is -2.26. The number of carboxylic acids is 1. The number of benzene rings is 1. The maximum atomic E-state index is 11.3. The molecule has 1 aromatic carbocycles. The molecule has 1 heterocycles. The van der Waals surface area contributed by atoms with Gasteiger partial charge in [-0.2, -0.15) is 0 Å². The Morgan fingerprint density at radius 2 is 2.05 bits per heavy atom. The van der Waals surface area contributed by atoms with Gasteiger partial charge in [-0.1, -0.05) is 6.07 Å². The molecule has 1 N–H and O–H groups in total. The van der Waals surface area contributed by atoms with Gasteiger partial charge in [-0.3, -0.25) is 4.79 Å². The monoisotopic (exact) mass is 282 g/mol. The lowest BCUT2D eigenvalue weighted by atomic mass is 9.86. The molecule has 2 rings (SSSR count). The van der Waals surface area contributed by atoms with Crippen LogP contribution in [0.15, 0.2) is 17.0 Å². The predicted molar refractivity (Wildman–Crippen MR) is 74.3 cm³/mol. The largest absolute Gasteiger partial charge is 0.486 e. The topological polar surface area (TPSA) is 55.8 Å². The molecule has 1 aromatic rings. The Hall–Kier alpha value is -1.36. The average molecular weight is 282 g/mol. The van der Waals surface area contributed by atoms with Gasteiger partial charge in [0, 0.05) is 0 Å². The summed E-state index contributed by atoms with van der Waals surface area (Å²) in [6.07, 6.45) is 2.43. The van der Waals surface area contributed by atoms with Crippen molar-refractivity contribution >= 4 is 17.7 Å². The maximum Gasteiger partial charge on any atom is 0.309 e. The number of aliphatic carboxylic acids is 1. The molecule has 0 saturated carbocycles. The molecule has 1 aliphatic rings. The summed E-state index contributed by atoms with van der Waals surface area (Å²) in [5, 5.41) is 9.24. The van der Waals surface area contributed by atoms with Crippen LogP contribution >= 0.6 is 11.8 Å². The van der Waals surface area contributed by atoms with Crippen LogP contribution < -0.4 is 9.47 Å². The highest BCUT2D eigenvalue weighted by atomic mass is 32.2. The van der Waals surface area contributed by atoms with E-state index in [0.29, 0.717) is 19.6 Å². The lowest BCUT2D eigenvalue weighted by molar-refractivity contribution is -0.146. The van der Waals surface area contributed by atoms with Crippen molar-refractivity contribution in [3.63, 3.8) is 0 Å². The van der Waals surface area contributed by atoms with E-state index in [2.05, 4.69) is 0 Å². The molecule has 0 bridgehead atoms. The Labute approximate surface area is 117 Å². The maximum absolute atomic E-state index is 11.3. The first-order chi connectivity index (χ1) is 8.95. The number of thioether (sulfide) groups is 1. The minimum absolute atomic E-state index is 0.467. The highest BCUT2D eigenvalue weighted by molar-refractivity contribution is 7.98. The van der Waals surface area contributed by atoms with Crippen molar-refractivity contribution in [2.75, 3.05) is 19.5 Å². The van der Waals surface area contributed by atoms with E-state index in [4.69, 9.17) is 9.47 Å². The van der Waals surface area contributed by atoms with Gasteiger partial charge in [-0.05, 0) is 38.2 Å². The number of fused-ring (bicyclic) bond motifs is 1. The average Bonchev–Trinajstić information content (AvgIpc) is 2.38. The molecule has 0 spiro atoms. The van der Waals surface area contributed by atoms with Gasteiger partial charge in [0.25, 0.3) is 0 Å². The number of ether oxygens (including phenoxy) is 2. The van der Waals surface area contributed by atoms with E-state index in [1.54, 1.807) is 25.6 Å². The molecule has 0 unspecified atom stereocenters. The highest BCUT2D eigenvalue weighted by Gasteiger charge is 2.30. The van der Waals surface area contributed by atoms with Gasteiger partial charge in [0.1, 0.15) is 13.2 Å². The van der Waals surface area contributed by atoms with Crippen LogP contribution in [0, 0.1) is 5.41 Å². The fourth-order valence-electron chi connectivity index (χ4n) is 2.05. The molecule has 104 valence electrons. The molecular formula is C14H18O4S. The molecule has 19 heavy (non-hydrogen) atoms. The molecule has 0 atom stereocenters. The molecule has 0 saturated heterocycles. The molecule has 0 aromatic heterocycles. The van der Waals surface area contributed by atoms with Gasteiger partial charge in [0.2, 0.25) is 0 Å². The van der Waals surface area contributed by atoms with Crippen molar-refractivity contribution in [1.82, 2.24) is 0 Å². The van der Waals surface area contributed by atoms with Crippen LogP contribution in [-0.4, -0.2) is 30.5 Å². The van der Waals surface area contributed by atoms with E-state index in [1.807, 2.05) is 18.4 Å². The zero-order valence-corrected chi connectivity index (χ0v) is 12.2. The molecule has 0 radical (unpaired) electrons. The third-order valence-electron chi connectivity index (χ3n) is 3.16. The summed E-state index contributed by atoms with van der Waals surface area (Å²) in [5.74, 6) is 0.694. The van der Waals surface area contributed by atoms with Gasteiger partial charge >= 0.3 is 5.97 Å². The van der Waals surface area contributed by atoms with Crippen LogP contribution in [-0.2, 0) is 11.2 Å². The minimum atomic E-state index is -0.797. The van der Waals surface area contributed by atoms with E-state index in [9.17, 15) is 9.90 Å². The normalized spacial score (nSPS) is 14.3. The number of carbonyl (C=O) groups is 1. The van der Waals surface area contributed by atoms with Crippen molar-refractivity contribution < 1.29 is 19.4 Å². The van der Waals surface area contributed by atoms with Gasteiger partial charge < -0.3 is 14.6 Å². The predicted octanol–water partition coefficient (Wildman–Crippen LogP) is 2.83. The summed E-state index contributed by atoms with van der Waals surface area (Å²) < 4.78 is 11.2. The van der Waals surface area contributed by atoms with Gasteiger partial charge in [-0.15, -0.1) is 11.8 Å². The van der Waals surface area contributed by atoms with Crippen molar-refractivity contribution in [2.24, 2.45) is 5.41 Å². The van der Waals surface area contributed by atoms with Gasteiger partial charge in [0.15, 0.2) is 11.5 Å². The number of hydrogen-bond acceptors (Lipinski definition) is 4. The molecule has 0 aliphatic carbocycles. The second-order valence-corrected chi connectivity index (χ2v) is 5.96. The van der Waals surface area contributed by atoms with Crippen LogP contribution in [0.3, 0.4) is 0 Å². The van der Waals surface area contributed by atoms with Crippen LogP contribution in [0.4, 0.5) is 0 Å². The third kappa shape index (κ3) is 2.81. The zero-order valence-electron chi connectivity index (χ0n) is 11.4. The summed E-state index contributed by atoms with van der Waals surface area (Å²) >= 11 is 1.56. The van der Waals surface area contributed by atoms with E-state index >= 15 is 0 Å². The Balaban J connectivity index is 2.39. The quantitative estimate of drug-likeness (QED) is 0.861. The molecule has 0 fully saturated rings. The Bertz CT molecular complexity index is 496. The van der Waals surface area contributed by atoms with Crippen LogP contribution in [0.1, 0.15) is 19.4 Å². The first-order valence-corrected chi connectivity index (χ1v) is 7.37. The lowest BCUT2D eigenvalue weighted by Gasteiger charge is -2.25. The second kappa shape index (κ2) is 5.33. The number of rotatable bonds is 4. The standard InChI is InChI=1S/C14H18O4S/c1-14(2,13(15)16)8-9-4-5-10-11(12(9)19-3)18-7-6-17-10/h4-5H,6-8H2,1-3H3,(H,15,16). The molecule has 5 heteroatoms. The first-order valence-electron chi connectivity index (χ1n) is 6.14. The van der Waals surface area contributed by atoms with E-state index in [0.717, 1.165) is 22.0 Å². The van der Waals surface area contributed by atoms with Crippen molar-refractivity contribution in [2.45, 2.75) is 25.2 Å². The van der Waals surface area contributed by atoms with Crippen LogP contribution in [0.2, 0.25) is 0 Å².